The van der Waals surface area contributed by atoms with Crippen LogP contribution in [0.25, 0.3) is 10.9 Å². The Hall–Kier alpha value is -1.59. The number of nitrogens with one attached hydrogen (secondary N) is 1. The van der Waals surface area contributed by atoms with E-state index in [0.717, 1.165) is 5.39 Å². The molecule has 0 aliphatic rings. The number of carboxylic acids is 1. The number of aliphatic carboxylic acids is 1. The van der Waals surface area contributed by atoms with Gasteiger partial charge in [-0.15, -0.1) is 0 Å². The van der Waals surface area contributed by atoms with Gasteiger partial charge in [0.2, 0.25) is 0 Å². The number of rotatable bonds is 3. The molecular weight excluding hydrogens is 230 g/mol. The zero-order valence-corrected chi connectivity index (χ0v) is 9.03. The van der Waals surface area contributed by atoms with Gasteiger partial charge in [-0.3, -0.25) is 9.89 Å². The molecule has 1 heterocycles. The molecule has 0 aliphatic carbocycles. The molecule has 0 aliphatic heterocycles. The van der Waals surface area contributed by atoms with Crippen molar-refractivity contribution < 1.29 is 9.90 Å². The van der Waals surface area contributed by atoms with Crippen LogP contribution in [0.5, 0.6) is 0 Å². The lowest BCUT2D eigenvalue weighted by Crippen LogP contribution is -2.32. The number of carbonyl (C=O) groups is 1. The summed E-state index contributed by atoms with van der Waals surface area (Å²) in [6.45, 7) is 0. The van der Waals surface area contributed by atoms with Crippen LogP contribution in [0.4, 0.5) is 0 Å². The average Bonchev–Trinajstić information content (AvgIpc) is 2.63. The molecule has 0 fully saturated rings. The van der Waals surface area contributed by atoms with Crippen LogP contribution < -0.4 is 5.73 Å². The maximum atomic E-state index is 10.6. The van der Waals surface area contributed by atoms with Crippen molar-refractivity contribution in [2.75, 3.05) is 0 Å². The molecule has 1 aromatic carbocycles. The molecule has 0 radical (unpaired) electrons. The second kappa shape index (κ2) is 4.11. The van der Waals surface area contributed by atoms with Crippen LogP contribution in [-0.2, 0) is 11.2 Å². The topological polar surface area (TPSA) is 92.0 Å². The Bertz CT molecular complexity index is 538. The summed E-state index contributed by atoms with van der Waals surface area (Å²) in [5.74, 6) is -1.04. The highest BCUT2D eigenvalue weighted by Crippen LogP contribution is 2.23. The summed E-state index contributed by atoms with van der Waals surface area (Å²) >= 11 is 5.94. The average molecular weight is 240 g/mol. The van der Waals surface area contributed by atoms with Gasteiger partial charge in [0.25, 0.3) is 0 Å². The first kappa shape index (κ1) is 10.9. The molecule has 4 N–H and O–H groups in total. The van der Waals surface area contributed by atoms with Gasteiger partial charge in [0, 0.05) is 17.5 Å². The molecular formula is C10H10ClN3O2. The van der Waals surface area contributed by atoms with Crippen molar-refractivity contribution in [1.29, 1.82) is 0 Å². The molecule has 0 spiro atoms. The fourth-order valence-electron chi connectivity index (χ4n) is 1.52. The number of carboxylic acid groups (broad SMARTS) is 1. The number of aromatic amines is 1. The van der Waals surface area contributed by atoms with E-state index in [1.165, 1.54) is 0 Å². The molecule has 2 aromatic rings. The van der Waals surface area contributed by atoms with E-state index >= 15 is 0 Å². The van der Waals surface area contributed by atoms with E-state index in [4.69, 9.17) is 22.4 Å². The summed E-state index contributed by atoms with van der Waals surface area (Å²) in [7, 11) is 0. The maximum Gasteiger partial charge on any atom is 0.320 e. The van der Waals surface area contributed by atoms with Gasteiger partial charge in [-0.1, -0.05) is 23.7 Å². The largest absolute Gasteiger partial charge is 0.480 e. The Kier molecular flexibility index (Phi) is 2.80. The predicted molar refractivity (Wildman–Crippen MR) is 60.4 cm³/mol. The molecule has 0 bridgehead atoms. The normalized spacial score (nSPS) is 12.9. The van der Waals surface area contributed by atoms with E-state index in [1.54, 1.807) is 12.1 Å². The zero-order valence-electron chi connectivity index (χ0n) is 8.27. The lowest BCUT2D eigenvalue weighted by molar-refractivity contribution is -0.138. The van der Waals surface area contributed by atoms with E-state index in [0.29, 0.717) is 16.2 Å². The van der Waals surface area contributed by atoms with Gasteiger partial charge in [-0.25, -0.2) is 0 Å². The number of aromatic nitrogens is 2. The van der Waals surface area contributed by atoms with Crippen LogP contribution in [0.2, 0.25) is 5.02 Å². The number of benzene rings is 1. The number of para-hydroxylation sites is 1. The van der Waals surface area contributed by atoms with Crippen molar-refractivity contribution in [1.82, 2.24) is 10.2 Å². The monoisotopic (exact) mass is 239 g/mol. The highest BCUT2D eigenvalue weighted by atomic mass is 35.5. The Morgan fingerprint density at radius 2 is 2.38 bits per heavy atom. The number of fused-ring (bicyclic) bond motifs is 1. The summed E-state index contributed by atoms with van der Waals surface area (Å²) in [5.41, 5.74) is 6.78. The quantitative estimate of drug-likeness (QED) is 0.750. The number of halogens is 1. The minimum atomic E-state index is -1.04. The zero-order chi connectivity index (χ0) is 11.7. The Labute approximate surface area is 96.2 Å². The summed E-state index contributed by atoms with van der Waals surface area (Å²) in [5, 5.41) is 16.9. The summed E-state index contributed by atoms with van der Waals surface area (Å²) in [4.78, 5) is 10.6. The summed E-state index contributed by atoms with van der Waals surface area (Å²) in [6, 6.07) is 4.40. The molecule has 0 saturated carbocycles. The lowest BCUT2D eigenvalue weighted by Gasteiger charge is -2.03. The van der Waals surface area contributed by atoms with Crippen LogP contribution in [-0.4, -0.2) is 27.3 Å². The molecule has 2 rings (SSSR count). The minimum Gasteiger partial charge on any atom is -0.480 e. The molecule has 84 valence electrons. The first-order valence-electron chi connectivity index (χ1n) is 4.69. The van der Waals surface area contributed by atoms with Gasteiger partial charge in [0.1, 0.15) is 11.6 Å². The van der Waals surface area contributed by atoms with E-state index in [1.807, 2.05) is 6.07 Å². The maximum absolute atomic E-state index is 10.6. The number of hydrogen-bond donors (Lipinski definition) is 3. The standard InChI is InChI=1S/C10H10ClN3O2/c11-6-3-1-2-5-8(13-14-9(5)6)4-7(12)10(15)16/h1-3,7H,4,12H2,(H,13,14)(H,15,16). The van der Waals surface area contributed by atoms with E-state index in [2.05, 4.69) is 10.2 Å². The number of nitrogens with two attached hydrogens (primary N) is 1. The Morgan fingerprint density at radius 1 is 1.62 bits per heavy atom. The molecule has 0 saturated heterocycles. The molecule has 0 amide bonds. The van der Waals surface area contributed by atoms with E-state index in [9.17, 15) is 4.79 Å². The predicted octanol–water partition coefficient (Wildman–Crippen LogP) is 1.17. The van der Waals surface area contributed by atoms with Crippen molar-refractivity contribution in [3.63, 3.8) is 0 Å². The van der Waals surface area contributed by atoms with Crippen LogP contribution in [0.15, 0.2) is 18.2 Å². The van der Waals surface area contributed by atoms with Crippen molar-refractivity contribution in [2.24, 2.45) is 5.73 Å². The van der Waals surface area contributed by atoms with Crippen molar-refractivity contribution in [2.45, 2.75) is 12.5 Å². The summed E-state index contributed by atoms with van der Waals surface area (Å²) < 4.78 is 0. The van der Waals surface area contributed by atoms with Gasteiger partial charge in [-0.05, 0) is 6.07 Å². The smallest absolute Gasteiger partial charge is 0.320 e. The van der Waals surface area contributed by atoms with Crippen LogP contribution in [0, 0.1) is 0 Å². The van der Waals surface area contributed by atoms with Gasteiger partial charge in [0.05, 0.1) is 5.02 Å². The summed E-state index contributed by atoms with van der Waals surface area (Å²) in [6.07, 6.45) is 0.201. The lowest BCUT2D eigenvalue weighted by atomic mass is 10.1. The first-order chi connectivity index (χ1) is 7.59. The number of H-pyrrole nitrogens is 1. The Morgan fingerprint density at radius 3 is 3.06 bits per heavy atom. The van der Waals surface area contributed by atoms with Crippen molar-refractivity contribution in [3.05, 3.63) is 28.9 Å². The third-order valence-electron chi connectivity index (χ3n) is 2.36. The third kappa shape index (κ3) is 1.87. The second-order valence-electron chi connectivity index (χ2n) is 3.49. The first-order valence-corrected chi connectivity index (χ1v) is 5.07. The minimum absolute atomic E-state index is 0.201. The van der Waals surface area contributed by atoms with Gasteiger partial charge in [0.15, 0.2) is 0 Å². The molecule has 1 aromatic heterocycles. The van der Waals surface area contributed by atoms with E-state index in [-0.39, 0.29) is 6.42 Å². The van der Waals surface area contributed by atoms with Crippen LogP contribution in [0.1, 0.15) is 5.69 Å². The molecule has 6 heteroatoms. The molecule has 16 heavy (non-hydrogen) atoms. The molecule has 1 unspecified atom stereocenters. The fraction of sp³-hybridized carbons (Fsp3) is 0.200. The van der Waals surface area contributed by atoms with Gasteiger partial charge in [-0.2, -0.15) is 5.10 Å². The highest BCUT2D eigenvalue weighted by molar-refractivity contribution is 6.35. The van der Waals surface area contributed by atoms with E-state index < -0.39 is 12.0 Å². The van der Waals surface area contributed by atoms with Crippen LogP contribution in [0.3, 0.4) is 0 Å². The third-order valence-corrected chi connectivity index (χ3v) is 2.66. The number of nitrogens with zero attached hydrogens (tertiary/aromatic N) is 1. The fourth-order valence-corrected chi connectivity index (χ4v) is 1.74. The van der Waals surface area contributed by atoms with Gasteiger partial charge < -0.3 is 10.8 Å². The Balaban J connectivity index is 2.39. The molecule has 5 nitrogen and oxygen atoms in total. The van der Waals surface area contributed by atoms with Crippen molar-refractivity contribution >= 4 is 28.5 Å². The number of hydrogen-bond acceptors (Lipinski definition) is 3. The molecule has 1 atom stereocenters. The SMILES string of the molecule is NC(Cc1[nH]nc2c(Cl)cccc12)C(=O)O. The van der Waals surface area contributed by atoms with Crippen molar-refractivity contribution in [3.8, 4) is 0 Å². The van der Waals surface area contributed by atoms with Gasteiger partial charge >= 0.3 is 5.97 Å². The second-order valence-corrected chi connectivity index (χ2v) is 3.89. The highest BCUT2D eigenvalue weighted by Gasteiger charge is 2.16. The van der Waals surface area contributed by atoms with Crippen LogP contribution >= 0.6 is 11.6 Å².